The molecule has 0 saturated heterocycles. The first-order valence-electron chi connectivity index (χ1n) is 6.80. The molecule has 0 amide bonds. The fraction of sp³-hybridized carbons (Fsp3) is 0.571. The summed E-state index contributed by atoms with van der Waals surface area (Å²) in [5.74, 6) is -0.526. The number of hydrogen-bond donors (Lipinski definition) is 1. The minimum Gasteiger partial charge on any atom is -0.313 e. The minimum absolute atomic E-state index is 0.103. The van der Waals surface area contributed by atoms with E-state index in [2.05, 4.69) is 5.32 Å². The first kappa shape index (κ1) is 16.9. The quantitative estimate of drug-likeness (QED) is 0.841. The molecule has 0 spiro atoms. The topological polar surface area (TPSA) is 49.4 Å². The van der Waals surface area contributed by atoms with Crippen LogP contribution in [0, 0.1) is 5.82 Å². The van der Waals surface area contributed by atoms with Crippen LogP contribution >= 0.6 is 0 Å². The van der Waals surface area contributed by atoms with Crippen LogP contribution in [0.25, 0.3) is 0 Å². The average molecular weight is 302 g/mol. The van der Waals surface area contributed by atoms with E-state index in [4.69, 9.17) is 0 Å². The molecule has 1 rings (SSSR count). The number of nitrogens with one attached hydrogen (secondary N) is 1. The molecule has 114 valence electrons. The predicted octanol–water partition coefficient (Wildman–Crippen LogP) is 2.37. The van der Waals surface area contributed by atoms with Crippen molar-refractivity contribution in [1.82, 2.24) is 5.32 Å². The van der Waals surface area contributed by atoms with E-state index < -0.39 is 21.1 Å². The summed E-state index contributed by atoms with van der Waals surface area (Å²) in [6, 6.07) is 6.14. The molecular weight excluding hydrogens is 279 g/mol. The summed E-state index contributed by atoms with van der Waals surface area (Å²) in [6.07, 6.45) is 0. The number of anilines is 1. The lowest BCUT2D eigenvalue weighted by Gasteiger charge is -2.27. The molecule has 20 heavy (non-hydrogen) atoms. The Morgan fingerprint density at radius 2 is 1.85 bits per heavy atom. The zero-order valence-corrected chi connectivity index (χ0v) is 13.2. The number of rotatable bonds is 7. The van der Waals surface area contributed by atoms with Gasteiger partial charge in [-0.2, -0.15) is 0 Å². The maximum Gasteiger partial charge on any atom is 0.239 e. The molecule has 0 aliphatic heterocycles. The van der Waals surface area contributed by atoms with Crippen molar-refractivity contribution in [1.29, 1.82) is 0 Å². The highest BCUT2D eigenvalue weighted by Crippen LogP contribution is 2.23. The Morgan fingerprint density at radius 1 is 1.25 bits per heavy atom. The first-order valence-corrected chi connectivity index (χ1v) is 8.30. The average Bonchev–Trinajstić information content (AvgIpc) is 2.38. The van der Waals surface area contributed by atoms with Crippen LogP contribution in [-0.4, -0.2) is 32.8 Å². The van der Waals surface area contributed by atoms with Gasteiger partial charge in [-0.15, -0.1) is 0 Å². The van der Waals surface area contributed by atoms with E-state index in [-0.39, 0.29) is 18.3 Å². The smallest absolute Gasteiger partial charge is 0.239 e. The van der Waals surface area contributed by atoms with Gasteiger partial charge < -0.3 is 5.32 Å². The van der Waals surface area contributed by atoms with Crippen molar-refractivity contribution in [3.05, 3.63) is 30.1 Å². The van der Waals surface area contributed by atoms with Gasteiger partial charge in [0.25, 0.3) is 0 Å². The molecule has 0 heterocycles. The van der Waals surface area contributed by atoms with Crippen LogP contribution in [0.2, 0.25) is 0 Å². The normalized spacial score (nSPS) is 13.5. The second-order valence-electron chi connectivity index (χ2n) is 5.03. The molecule has 0 saturated carbocycles. The van der Waals surface area contributed by atoms with Gasteiger partial charge in [0.05, 0.1) is 10.9 Å². The van der Waals surface area contributed by atoms with Crippen molar-refractivity contribution >= 4 is 15.7 Å². The molecule has 0 aliphatic rings. The minimum atomic E-state index is -3.59. The van der Waals surface area contributed by atoms with Gasteiger partial charge in [0.15, 0.2) is 0 Å². The van der Waals surface area contributed by atoms with Gasteiger partial charge in [0.1, 0.15) is 5.82 Å². The van der Waals surface area contributed by atoms with Crippen molar-refractivity contribution in [3.63, 3.8) is 0 Å². The molecule has 1 aromatic carbocycles. The van der Waals surface area contributed by atoms with Gasteiger partial charge in [-0.05, 0) is 26.0 Å². The molecular formula is C14H23FN2O2S. The summed E-state index contributed by atoms with van der Waals surface area (Å²) in [5.41, 5.74) is 0.103. The number of halogens is 1. The number of sulfonamides is 1. The van der Waals surface area contributed by atoms with Gasteiger partial charge >= 0.3 is 0 Å². The lowest BCUT2D eigenvalue weighted by molar-refractivity contribution is 0.546. The van der Waals surface area contributed by atoms with Crippen molar-refractivity contribution in [3.8, 4) is 0 Å². The van der Waals surface area contributed by atoms with Gasteiger partial charge in [-0.25, -0.2) is 12.8 Å². The van der Waals surface area contributed by atoms with Gasteiger partial charge in [0.2, 0.25) is 10.0 Å². The van der Waals surface area contributed by atoms with E-state index in [1.807, 2.05) is 13.8 Å². The predicted molar refractivity (Wildman–Crippen MR) is 80.9 cm³/mol. The van der Waals surface area contributed by atoms with Gasteiger partial charge in [-0.1, -0.05) is 26.0 Å². The molecule has 0 radical (unpaired) electrons. The highest BCUT2D eigenvalue weighted by molar-refractivity contribution is 7.93. The molecule has 0 fully saturated rings. The molecule has 0 bridgehead atoms. The Labute approximate surface area is 121 Å². The second kappa shape index (κ2) is 7.04. The molecule has 6 heteroatoms. The Hall–Kier alpha value is -1.14. The first-order chi connectivity index (χ1) is 9.30. The zero-order chi connectivity index (χ0) is 15.3. The van der Waals surface area contributed by atoms with E-state index >= 15 is 0 Å². The van der Waals surface area contributed by atoms with E-state index in [0.717, 1.165) is 4.31 Å². The van der Waals surface area contributed by atoms with Crippen LogP contribution < -0.4 is 9.62 Å². The molecule has 0 aromatic heterocycles. The summed E-state index contributed by atoms with van der Waals surface area (Å²) in [5, 5.41) is 2.48. The van der Waals surface area contributed by atoms with Crippen LogP contribution in [0.5, 0.6) is 0 Å². The number of benzene rings is 1. The highest BCUT2D eigenvalue weighted by Gasteiger charge is 2.29. The number of hydrogen-bond acceptors (Lipinski definition) is 3. The third-order valence-electron chi connectivity index (χ3n) is 3.04. The molecule has 1 unspecified atom stereocenters. The molecule has 1 N–H and O–H groups in total. The molecule has 1 aromatic rings. The zero-order valence-electron chi connectivity index (χ0n) is 12.4. The summed E-state index contributed by atoms with van der Waals surface area (Å²) >= 11 is 0. The van der Waals surface area contributed by atoms with E-state index in [1.165, 1.54) is 12.1 Å². The van der Waals surface area contributed by atoms with E-state index in [9.17, 15) is 12.8 Å². The Kier molecular flexibility index (Phi) is 5.95. The van der Waals surface area contributed by atoms with Gasteiger partial charge in [-0.3, -0.25) is 4.31 Å². The van der Waals surface area contributed by atoms with Crippen LogP contribution in [0.15, 0.2) is 24.3 Å². The van der Waals surface area contributed by atoms with Crippen molar-refractivity contribution in [2.75, 3.05) is 17.4 Å². The van der Waals surface area contributed by atoms with Crippen molar-refractivity contribution < 1.29 is 12.8 Å². The molecule has 1 atom stereocenters. The lowest BCUT2D eigenvalue weighted by atomic mass is 10.3. The third-order valence-corrected chi connectivity index (χ3v) is 5.29. The Bertz CT molecular complexity index is 532. The molecule has 4 nitrogen and oxygen atoms in total. The Balaban J connectivity index is 3.01. The molecule has 0 aliphatic carbocycles. The maximum absolute atomic E-state index is 13.8. The summed E-state index contributed by atoms with van der Waals surface area (Å²) in [6.45, 7) is 7.78. The highest BCUT2D eigenvalue weighted by atomic mass is 32.2. The van der Waals surface area contributed by atoms with E-state index in [1.54, 1.807) is 26.0 Å². The van der Waals surface area contributed by atoms with Crippen LogP contribution in [0.3, 0.4) is 0 Å². The fourth-order valence-electron chi connectivity index (χ4n) is 1.87. The van der Waals surface area contributed by atoms with Crippen LogP contribution in [0.4, 0.5) is 10.1 Å². The second-order valence-corrected chi connectivity index (χ2v) is 7.31. The summed E-state index contributed by atoms with van der Waals surface area (Å²) in [4.78, 5) is 0. The van der Waals surface area contributed by atoms with E-state index in [0.29, 0.717) is 6.54 Å². The third kappa shape index (κ3) is 3.93. The monoisotopic (exact) mass is 302 g/mol. The largest absolute Gasteiger partial charge is 0.313 e. The van der Waals surface area contributed by atoms with Crippen molar-refractivity contribution in [2.45, 2.75) is 39.0 Å². The number of nitrogens with zero attached hydrogens (tertiary/aromatic N) is 1. The summed E-state index contributed by atoms with van der Waals surface area (Å²) in [7, 11) is -3.59. The fourth-order valence-corrected chi connectivity index (χ4v) is 3.39. The van der Waals surface area contributed by atoms with Crippen LogP contribution in [0.1, 0.15) is 27.7 Å². The maximum atomic E-state index is 13.8. The van der Waals surface area contributed by atoms with Crippen LogP contribution in [-0.2, 0) is 10.0 Å². The summed E-state index contributed by atoms with van der Waals surface area (Å²) < 4.78 is 40.0. The van der Waals surface area contributed by atoms with Crippen molar-refractivity contribution in [2.24, 2.45) is 0 Å². The standard InChI is InChI=1S/C14H23FN2O2S/c1-5-17(14-9-7-6-8-13(14)15)20(18,19)12(4)10-16-11(2)3/h6-9,11-12,16H,5,10H2,1-4H3. The van der Waals surface area contributed by atoms with Gasteiger partial charge in [0, 0.05) is 19.1 Å². The Morgan fingerprint density at radius 3 is 2.35 bits per heavy atom. The SMILES string of the molecule is CCN(c1ccccc1F)S(=O)(=O)C(C)CNC(C)C. The lowest BCUT2D eigenvalue weighted by Crippen LogP contribution is -2.43. The number of para-hydroxylation sites is 1.